The Bertz CT molecular complexity index is 1070. The van der Waals surface area contributed by atoms with E-state index in [2.05, 4.69) is 0 Å². The predicted octanol–water partition coefficient (Wildman–Crippen LogP) is 5.95. The Morgan fingerprint density at radius 3 is 2.26 bits per heavy atom. The van der Waals surface area contributed by atoms with E-state index in [0.717, 1.165) is 9.78 Å². The number of nitrogens with zero attached hydrogens (tertiary/aromatic N) is 3. The van der Waals surface area contributed by atoms with Crippen molar-refractivity contribution in [2.75, 3.05) is 20.1 Å². The van der Waals surface area contributed by atoms with Crippen LogP contribution in [0.1, 0.15) is 53.4 Å². The van der Waals surface area contributed by atoms with Gasteiger partial charge in [0.25, 0.3) is 0 Å². The number of halogens is 6. The van der Waals surface area contributed by atoms with Crippen LogP contribution in [0.5, 0.6) is 0 Å². The molecule has 3 atom stereocenters. The van der Waals surface area contributed by atoms with E-state index in [1.807, 2.05) is 17.5 Å². The zero-order chi connectivity index (χ0) is 25.7. The molecule has 1 aromatic carbocycles. The molecule has 3 unspecified atom stereocenters. The first-order chi connectivity index (χ1) is 16.3. The number of urea groups is 1. The van der Waals surface area contributed by atoms with Crippen molar-refractivity contribution in [2.24, 2.45) is 0 Å². The Kier molecular flexibility index (Phi) is 6.54. The monoisotopic (exact) mass is 519 g/mol. The van der Waals surface area contributed by atoms with Crippen molar-refractivity contribution in [3.63, 3.8) is 0 Å². The number of benzene rings is 1. The molecule has 0 radical (unpaired) electrons. The van der Waals surface area contributed by atoms with Crippen LogP contribution in [0.2, 0.25) is 0 Å². The standard InChI is InChI=1S/C23H23F6N3O2S/c1-13(14-10-15(22(24,25)26)12-16(11-14)23(27,28)29)30(2)21(34)32-8-7-31-17(5-6-19(31)33)20(32)18-4-3-9-35-18/h3-4,9-13,17,20H,5-8H2,1-2H3. The third-order valence-corrected chi connectivity index (χ3v) is 7.66. The molecule has 2 saturated heterocycles. The summed E-state index contributed by atoms with van der Waals surface area (Å²) in [7, 11) is 1.36. The number of hydrogen-bond donors (Lipinski definition) is 0. The van der Waals surface area contributed by atoms with Crippen LogP contribution in [-0.2, 0) is 17.1 Å². The average Bonchev–Trinajstić information content (AvgIpc) is 3.46. The second kappa shape index (κ2) is 9.03. The third-order valence-electron chi connectivity index (χ3n) is 6.71. The summed E-state index contributed by atoms with van der Waals surface area (Å²) in [5, 5.41) is 1.85. The van der Waals surface area contributed by atoms with Gasteiger partial charge in [0.1, 0.15) is 0 Å². The largest absolute Gasteiger partial charge is 0.416 e. The van der Waals surface area contributed by atoms with Gasteiger partial charge in [-0.05, 0) is 48.6 Å². The molecule has 2 aliphatic heterocycles. The highest BCUT2D eigenvalue weighted by Crippen LogP contribution is 2.41. The van der Waals surface area contributed by atoms with Crippen LogP contribution >= 0.6 is 11.3 Å². The van der Waals surface area contributed by atoms with Gasteiger partial charge in [-0.1, -0.05) is 6.07 Å². The molecule has 5 nitrogen and oxygen atoms in total. The first-order valence-electron chi connectivity index (χ1n) is 10.9. The SMILES string of the molecule is CC(c1cc(C(F)(F)F)cc(C(F)(F)F)c1)N(C)C(=O)N1CCN2C(=O)CCC2C1c1cccs1. The van der Waals surface area contributed by atoms with E-state index in [1.54, 1.807) is 9.80 Å². The molecule has 12 heteroatoms. The van der Waals surface area contributed by atoms with Crippen LogP contribution in [0.4, 0.5) is 31.1 Å². The van der Waals surface area contributed by atoms with E-state index in [0.29, 0.717) is 31.5 Å². The Labute approximate surface area is 201 Å². The first kappa shape index (κ1) is 25.3. The van der Waals surface area contributed by atoms with Gasteiger partial charge in [0, 0.05) is 31.4 Å². The zero-order valence-electron chi connectivity index (χ0n) is 18.9. The zero-order valence-corrected chi connectivity index (χ0v) is 19.7. The molecule has 2 fully saturated rings. The summed E-state index contributed by atoms with van der Waals surface area (Å²) in [6.45, 7) is 1.92. The van der Waals surface area contributed by atoms with E-state index >= 15 is 0 Å². The van der Waals surface area contributed by atoms with Gasteiger partial charge in [0.05, 0.1) is 29.3 Å². The summed E-state index contributed by atoms with van der Waals surface area (Å²) in [4.78, 5) is 31.2. The lowest BCUT2D eigenvalue weighted by Gasteiger charge is -2.46. The van der Waals surface area contributed by atoms with Gasteiger partial charge < -0.3 is 14.7 Å². The Morgan fingerprint density at radius 2 is 1.71 bits per heavy atom. The highest BCUT2D eigenvalue weighted by molar-refractivity contribution is 7.10. The molecular formula is C23H23F6N3O2S. The number of rotatable bonds is 3. The normalized spacial score (nSPS) is 21.8. The summed E-state index contributed by atoms with van der Waals surface area (Å²) in [6.07, 6.45) is -9.03. The molecule has 3 heterocycles. The van der Waals surface area contributed by atoms with Gasteiger partial charge in [-0.2, -0.15) is 26.3 Å². The molecule has 1 aromatic heterocycles. The molecule has 2 aromatic rings. The quantitative estimate of drug-likeness (QED) is 0.471. The molecule has 4 rings (SSSR count). The summed E-state index contributed by atoms with van der Waals surface area (Å²) >= 11 is 1.43. The number of amides is 3. The van der Waals surface area contributed by atoms with Crippen molar-refractivity contribution >= 4 is 23.3 Å². The lowest BCUT2D eigenvalue weighted by Crippen LogP contribution is -2.57. The van der Waals surface area contributed by atoms with Crippen molar-refractivity contribution in [1.82, 2.24) is 14.7 Å². The summed E-state index contributed by atoms with van der Waals surface area (Å²) in [6, 6.07) is 2.78. The van der Waals surface area contributed by atoms with E-state index < -0.39 is 41.6 Å². The first-order valence-corrected chi connectivity index (χ1v) is 11.8. The van der Waals surface area contributed by atoms with Crippen LogP contribution in [0, 0.1) is 0 Å². The number of carbonyl (C=O) groups is 2. The molecule has 0 aliphatic carbocycles. The molecule has 2 aliphatic rings. The van der Waals surface area contributed by atoms with Crippen molar-refractivity contribution in [1.29, 1.82) is 0 Å². The summed E-state index contributed by atoms with van der Waals surface area (Å²) in [5.41, 5.74) is -3.13. The fourth-order valence-corrected chi connectivity index (χ4v) is 5.66. The van der Waals surface area contributed by atoms with Crippen LogP contribution in [0.25, 0.3) is 0 Å². The minimum Gasteiger partial charge on any atom is -0.335 e. The highest BCUT2D eigenvalue weighted by Gasteiger charge is 2.46. The smallest absolute Gasteiger partial charge is 0.335 e. The fourth-order valence-electron chi connectivity index (χ4n) is 4.77. The van der Waals surface area contributed by atoms with Gasteiger partial charge >= 0.3 is 18.4 Å². The maximum absolute atomic E-state index is 13.6. The Balaban J connectivity index is 1.65. The van der Waals surface area contributed by atoms with Gasteiger partial charge in [0.2, 0.25) is 5.91 Å². The number of fused-ring (bicyclic) bond motifs is 1. The van der Waals surface area contributed by atoms with Crippen molar-refractivity contribution in [3.8, 4) is 0 Å². The van der Waals surface area contributed by atoms with Gasteiger partial charge in [-0.15, -0.1) is 11.3 Å². The van der Waals surface area contributed by atoms with E-state index in [4.69, 9.17) is 0 Å². The van der Waals surface area contributed by atoms with Gasteiger partial charge in [-0.25, -0.2) is 4.79 Å². The molecule has 35 heavy (non-hydrogen) atoms. The Hall–Kier alpha value is -2.76. The molecule has 3 amide bonds. The number of piperazine rings is 1. The molecule has 190 valence electrons. The van der Waals surface area contributed by atoms with E-state index in [1.165, 1.54) is 25.3 Å². The summed E-state index contributed by atoms with van der Waals surface area (Å²) < 4.78 is 80.0. The van der Waals surface area contributed by atoms with Crippen molar-refractivity contribution in [3.05, 3.63) is 57.3 Å². The lowest BCUT2D eigenvalue weighted by atomic mass is 9.98. The molecule has 0 N–H and O–H groups in total. The Morgan fingerprint density at radius 1 is 1.09 bits per heavy atom. The maximum atomic E-state index is 13.6. The van der Waals surface area contributed by atoms with Crippen molar-refractivity contribution in [2.45, 2.75) is 50.2 Å². The van der Waals surface area contributed by atoms with Crippen LogP contribution in [0.3, 0.4) is 0 Å². The van der Waals surface area contributed by atoms with Gasteiger partial charge in [0.15, 0.2) is 0 Å². The number of thiophene rings is 1. The average molecular weight is 520 g/mol. The van der Waals surface area contributed by atoms with E-state index in [-0.39, 0.29) is 30.1 Å². The second-order valence-electron chi connectivity index (χ2n) is 8.76. The lowest BCUT2D eigenvalue weighted by molar-refractivity contribution is -0.143. The predicted molar refractivity (Wildman–Crippen MR) is 117 cm³/mol. The molecule has 0 spiro atoms. The fraction of sp³-hybridized carbons (Fsp3) is 0.478. The number of alkyl halides is 6. The molecule has 0 saturated carbocycles. The number of hydrogen-bond acceptors (Lipinski definition) is 3. The van der Waals surface area contributed by atoms with Gasteiger partial charge in [-0.3, -0.25) is 4.79 Å². The highest BCUT2D eigenvalue weighted by atomic mass is 32.1. The minimum absolute atomic E-state index is 0.00836. The second-order valence-corrected chi connectivity index (χ2v) is 9.73. The van der Waals surface area contributed by atoms with Crippen LogP contribution in [0.15, 0.2) is 35.7 Å². The molecule has 0 bridgehead atoms. The summed E-state index contributed by atoms with van der Waals surface area (Å²) in [5.74, 6) is 0.00836. The van der Waals surface area contributed by atoms with E-state index in [9.17, 15) is 35.9 Å². The number of carbonyl (C=O) groups excluding carboxylic acids is 2. The maximum Gasteiger partial charge on any atom is 0.416 e. The van der Waals surface area contributed by atoms with Crippen LogP contribution < -0.4 is 0 Å². The van der Waals surface area contributed by atoms with Crippen LogP contribution in [-0.4, -0.2) is 52.8 Å². The third kappa shape index (κ3) is 4.85. The van der Waals surface area contributed by atoms with Crippen molar-refractivity contribution < 1.29 is 35.9 Å². The minimum atomic E-state index is -4.98. The topological polar surface area (TPSA) is 43.9 Å². The molecular weight excluding hydrogens is 496 g/mol.